The first-order chi connectivity index (χ1) is 8.34. The quantitative estimate of drug-likeness (QED) is 0.904. The van der Waals surface area contributed by atoms with Crippen LogP contribution in [0.2, 0.25) is 0 Å². The number of hydrogen-bond donors (Lipinski definition) is 1. The molecule has 1 fully saturated rings. The van der Waals surface area contributed by atoms with Gasteiger partial charge >= 0.3 is 0 Å². The van der Waals surface area contributed by atoms with Gasteiger partial charge in [0, 0.05) is 10.0 Å². The van der Waals surface area contributed by atoms with Gasteiger partial charge in [-0.05, 0) is 31.5 Å². The number of nitrogens with zero attached hydrogens (tertiary/aromatic N) is 1. The van der Waals surface area contributed by atoms with E-state index in [9.17, 15) is 8.42 Å². The van der Waals surface area contributed by atoms with E-state index in [1.807, 2.05) is 6.92 Å². The minimum Gasteiger partial charge on any atom is -0.378 e. The Morgan fingerprint density at radius 2 is 2.22 bits per heavy atom. The van der Waals surface area contributed by atoms with Gasteiger partial charge in [-0.15, -0.1) is 0 Å². The summed E-state index contributed by atoms with van der Waals surface area (Å²) in [6, 6.07) is 7.40. The zero-order valence-corrected chi connectivity index (χ0v) is 12.3. The van der Waals surface area contributed by atoms with Gasteiger partial charge in [0.2, 0.25) is 0 Å². The molecule has 1 heterocycles. The van der Waals surface area contributed by atoms with E-state index < -0.39 is 15.4 Å². The zero-order valence-electron chi connectivity index (χ0n) is 9.90. The molecular weight excluding hydrogens is 316 g/mol. The summed E-state index contributed by atoms with van der Waals surface area (Å²) in [7, 11) is -2.96. The number of benzene rings is 1. The van der Waals surface area contributed by atoms with Crippen LogP contribution in [0.25, 0.3) is 0 Å². The van der Waals surface area contributed by atoms with E-state index in [0.717, 1.165) is 4.47 Å². The SMILES string of the molecule is CC1(Nc2cc(Br)ccc2C#N)CCS(=O)(=O)C1. The predicted octanol–water partition coefficient (Wildman–Crippen LogP) is 2.31. The maximum atomic E-state index is 11.5. The lowest BCUT2D eigenvalue weighted by Gasteiger charge is -2.26. The lowest BCUT2D eigenvalue weighted by atomic mass is 10.0. The van der Waals surface area contributed by atoms with Crippen molar-refractivity contribution in [1.82, 2.24) is 0 Å². The van der Waals surface area contributed by atoms with Crippen molar-refractivity contribution in [3.63, 3.8) is 0 Å². The van der Waals surface area contributed by atoms with Crippen LogP contribution in [0, 0.1) is 11.3 Å². The van der Waals surface area contributed by atoms with Crippen molar-refractivity contribution in [1.29, 1.82) is 5.26 Å². The molecule has 0 aliphatic carbocycles. The Labute approximate surface area is 115 Å². The number of rotatable bonds is 2. The summed E-state index contributed by atoms with van der Waals surface area (Å²) in [5.41, 5.74) is 0.695. The summed E-state index contributed by atoms with van der Waals surface area (Å²) in [6.45, 7) is 1.87. The average Bonchev–Trinajstić information content (AvgIpc) is 2.53. The van der Waals surface area contributed by atoms with E-state index >= 15 is 0 Å². The first kappa shape index (κ1) is 13.4. The van der Waals surface area contributed by atoms with E-state index in [2.05, 4.69) is 27.3 Å². The molecule has 1 saturated heterocycles. The van der Waals surface area contributed by atoms with Crippen LogP contribution in [-0.2, 0) is 9.84 Å². The lowest BCUT2D eigenvalue weighted by Crippen LogP contribution is -2.36. The molecular formula is C12H13BrN2O2S. The Bertz CT molecular complexity index is 621. The van der Waals surface area contributed by atoms with E-state index in [0.29, 0.717) is 17.7 Å². The van der Waals surface area contributed by atoms with Gasteiger partial charge in [-0.1, -0.05) is 15.9 Å². The summed E-state index contributed by atoms with van der Waals surface area (Å²) >= 11 is 3.35. The number of anilines is 1. The van der Waals surface area contributed by atoms with Gasteiger partial charge in [-0.3, -0.25) is 0 Å². The molecule has 0 aromatic heterocycles. The fourth-order valence-electron chi connectivity index (χ4n) is 2.15. The molecule has 18 heavy (non-hydrogen) atoms. The highest BCUT2D eigenvalue weighted by atomic mass is 79.9. The van der Waals surface area contributed by atoms with E-state index in [1.165, 1.54) is 0 Å². The first-order valence-corrected chi connectivity index (χ1v) is 8.13. The first-order valence-electron chi connectivity index (χ1n) is 5.52. The average molecular weight is 329 g/mol. The maximum absolute atomic E-state index is 11.5. The molecule has 1 atom stereocenters. The second-order valence-electron chi connectivity index (χ2n) is 4.83. The highest BCUT2D eigenvalue weighted by Crippen LogP contribution is 2.30. The molecule has 6 heteroatoms. The molecule has 0 amide bonds. The van der Waals surface area contributed by atoms with Crippen molar-refractivity contribution in [3.8, 4) is 6.07 Å². The van der Waals surface area contributed by atoms with Crippen molar-refractivity contribution in [2.45, 2.75) is 18.9 Å². The fourth-order valence-corrected chi connectivity index (χ4v) is 4.61. The molecule has 1 aromatic carbocycles. The zero-order chi connectivity index (χ0) is 13.4. The van der Waals surface area contributed by atoms with Gasteiger partial charge in [0.1, 0.15) is 6.07 Å². The summed E-state index contributed by atoms with van der Waals surface area (Å²) in [6.07, 6.45) is 0.562. The topological polar surface area (TPSA) is 70.0 Å². The molecule has 2 rings (SSSR count). The molecule has 4 nitrogen and oxygen atoms in total. The Balaban J connectivity index is 2.30. The second kappa shape index (κ2) is 4.56. The second-order valence-corrected chi connectivity index (χ2v) is 7.93. The van der Waals surface area contributed by atoms with Crippen molar-refractivity contribution >= 4 is 31.5 Å². The highest BCUT2D eigenvalue weighted by molar-refractivity contribution is 9.10. The molecule has 96 valence electrons. The summed E-state index contributed by atoms with van der Waals surface area (Å²) < 4.78 is 23.9. The molecule has 1 aliphatic rings. The van der Waals surface area contributed by atoms with Gasteiger partial charge in [0.15, 0.2) is 9.84 Å². The third-order valence-corrected chi connectivity index (χ3v) is 5.44. The maximum Gasteiger partial charge on any atom is 0.152 e. The normalized spacial score (nSPS) is 25.6. The summed E-state index contributed by atoms with van der Waals surface area (Å²) in [4.78, 5) is 0. The van der Waals surface area contributed by atoms with Crippen LogP contribution in [0.3, 0.4) is 0 Å². The number of hydrogen-bond acceptors (Lipinski definition) is 4. The Morgan fingerprint density at radius 1 is 1.50 bits per heavy atom. The van der Waals surface area contributed by atoms with Crippen LogP contribution >= 0.6 is 15.9 Å². The van der Waals surface area contributed by atoms with Gasteiger partial charge in [-0.25, -0.2) is 8.42 Å². The van der Waals surface area contributed by atoms with Crippen LogP contribution in [0.1, 0.15) is 18.9 Å². The van der Waals surface area contributed by atoms with Gasteiger partial charge < -0.3 is 5.32 Å². The lowest BCUT2D eigenvalue weighted by molar-refractivity contribution is 0.574. The molecule has 1 aliphatic heterocycles. The molecule has 0 saturated carbocycles. The Morgan fingerprint density at radius 3 is 2.78 bits per heavy atom. The molecule has 0 bridgehead atoms. The Kier molecular flexibility index (Phi) is 3.39. The number of halogens is 1. The third kappa shape index (κ3) is 2.85. The predicted molar refractivity (Wildman–Crippen MR) is 74.2 cm³/mol. The van der Waals surface area contributed by atoms with Crippen LogP contribution in [0.5, 0.6) is 0 Å². The number of nitriles is 1. The smallest absolute Gasteiger partial charge is 0.152 e. The molecule has 1 N–H and O–H groups in total. The molecule has 0 radical (unpaired) electrons. The minimum absolute atomic E-state index is 0.109. The van der Waals surface area contributed by atoms with Crippen molar-refractivity contribution in [2.75, 3.05) is 16.8 Å². The van der Waals surface area contributed by atoms with Crippen molar-refractivity contribution in [3.05, 3.63) is 28.2 Å². The molecule has 0 spiro atoms. The monoisotopic (exact) mass is 328 g/mol. The largest absolute Gasteiger partial charge is 0.378 e. The Hall–Kier alpha value is -1.06. The third-order valence-electron chi connectivity index (χ3n) is 3.04. The van der Waals surface area contributed by atoms with Crippen LogP contribution in [0.15, 0.2) is 22.7 Å². The highest BCUT2D eigenvalue weighted by Gasteiger charge is 2.38. The van der Waals surface area contributed by atoms with Gasteiger partial charge in [0.05, 0.1) is 22.8 Å². The van der Waals surface area contributed by atoms with Crippen LogP contribution < -0.4 is 5.32 Å². The van der Waals surface area contributed by atoms with Crippen molar-refractivity contribution in [2.24, 2.45) is 0 Å². The standard InChI is InChI=1S/C12H13BrN2O2S/c1-12(4-5-18(16,17)8-12)15-11-6-10(13)3-2-9(11)7-14/h2-3,6,15H,4-5,8H2,1H3. The van der Waals surface area contributed by atoms with Crippen LogP contribution in [0.4, 0.5) is 5.69 Å². The molecule has 1 aromatic rings. The van der Waals surface area contributed by atoms with Gasteiger partial charge in [0.25, 0.3) is 0 Å². The fraction of sp³-hybridized carbons (Fsp3) is 0.417. The van der Waals surface area contributed by atoms with Gasteiger partial charge in [-0.2, -0.15) is 5.26 Å². The van der Waals surface area contributed by atoms with E-state index in [-0.39, 0.29) is 11.5 Å². The number of sulfone groups is 1. The molecule has 1 unspecified atom stereocenters. The minimum atomic E-state index is -2.96. The van der Waals surface area contributed by atoms with E-state index in [1.54, 1.807) is 18.2 Å². The number of nitrogens with one attached hydrogen (secondary N) is 1. The van der Waals surface area contributed by atoms with E-state index in [4.69, 9.17) is 5.26 Å². The summed E-state index contributed by atoms with van der Waals surface area (Å²) in [5, 5.41) is 12.2. The van der Waals surface area contributed by atoms with Crippen LogP contribution in [-0.4, -0.2) is 25.5 Å². The summed E-state index contributed by atoms with van der Waals surface area (Å²) in [5.74, 6) is 0.309. The van der Waals surface area contributed by atoms with Crippen molar-refractivity contribution < 1.29 is 8.42 Å².